The predicted molar refractivity (Wildman–Crippen MR) is 137 cm³/mol. The van der Waals surface area contributed by atoms with Crippen LogP contribution in [0.2, 0.25) is 0 Å². The normalized spacial score (nSPS) is 18.9. The van der Waals surface area contributed by atoms with Crippen LogP contribution in [0.3, 0.4) is 0 Å². The van der Waals surface area contributed by atoms with Gasteiger partial charge < -0.3 is 25.4 Å². The molecule has 1 saturated heterocycles. The number of carbonyl (C=O) groups is 3. The van der Waals surface area contributed by atoms with Crippen molar-refractivity contribution in [1.29, 1.82) is 0 Å². The van der Waals surface area contributed by atoms with Gasteiger partial charge in [0.2, 0.25) is 11.8 Å². The van der Waals surface area contributed by atoms with Crippen LogP contribution in [0, 0.1) is 5.41 Å². The van der Waals surface area contributed by atoms with Crippen LogP contribution in [-0.2, 0) is 36.9 Å². The maximum absolute atomic E-state index is 13.7. The summed E-state index contributed by atoms with van der Waals surface area (Å²) in [4.78, 5) is 45.5. The van der Waals surface area contributed by atoms with E-state index in [0.29, 0.717) is 32.4 Å². The Kier molecular flexibility index (Phi) is 9.58. The first-order chi connectivity index (χ1) is 17.1. The average Bonchev–Trinajstić information content (AvgIpc) is 3.36. The third-order valence-corrected chi connectivity index (χ3v) is 6.82. The molecule has 0 bridgehead atoms. The van der Waals surface area contributed by atoms with Crippen molar-refractivity contribution in [3.63, 3.8) is 0 Å². The lowest BCUT2D eigenvalue weighted by Gasteiger charge is -2.42. The number of aromatic nitrogens is 1. The predicted octanol–water partition coefficient (Wildman–Crippen LogP) is 2.30. The molecule has 36 heavy (non-hydrogen) atoms. The maximum atomic E-state index is 13.7. The minimum atomic E-state index is -1.17. The van der Waals surface area contributed by atoms with Crippen molar-refractivity contribution in [2.75, 3.05) is 26.3 Å². The van der Waals surface area contributed by atoms with Gasteiger partial charge in [-0.3, -0.25) is 14.4 Å². The Balaban J connectivity index is 1.78. The van der Waals surface area contributed by atoms with Crippen molar-refractivity contribution < 1.29 is 23.9 Å². The Morgan fingerprint density at radius 1 is 1.28 bits per heavy atom. The molecule has 196 valence electrons. The van der Waals surface area contributed by atoms with Crippen LogP contribution in [0.15, 0.2) is 41.2 Å². The Hall–Kier alpha value is -2.82. The van der Waals surface area contributed by atoms with Crippen molar-refractivity contribution in [1.82, 2.24) is 15.2 Å². The summed E-state index contributed by atoms with van der Waals surface area (Å²) in [5, 5.41) is 4.67. The summed E-state index contributed by atoms with van der Waals surface area (Å²) >= 11 is 1.46. The summed E-state index contributed by atoms with van der Waals surface area (Å²) in [7, 11) is 0. The zero-order chi connectivity index (χ0) is 26.2. The van der Waals surface area contributed by atoms with E-state index in [9.17, 15) is 14.4 Å². The second-order valence-electron chi connectivity index (χ2n) is 9.77. The molecule has 1 fully saturated rings. The Morgan fingerprint density at radius 2 is 2.03 bits per heavy atom. The number of hydrogen-bond acceptors (Lipinski definition) is 8. The Bertz CT molecular complexity index is 1010. The van der Waals surface area contributed by atoms with Gasteiger partial charge in [0.1, 0.15) is 6.04 Å². The monoisotopic (exact) mass is 516 g/mol. The molecular weight excluding hydrogens is 480 g/mol. The van der Waals surface area contributed by atoms with Gasteiger partial charge in [0.15, 0.2) is 0 Å². The molecule has 0 saturated carbocycles. The number of hydrogen-bond donors (Lipinski definition) is 2. The summed E-state index contributed by atoms with van der Waals surface area (Å²) in [5.41, 5.74) is 7.38. The molecule has 1 aromatic carbocycles. The number of rotatable bonds is 11. The minimum Gasteiger partial charge on any atom is -0.466 e. The fourth-order valence-corrected chi connectivity index (χ4v) is 4.83. The smallest absolute Gasteiger partial charge is 0.314 e. The zero-order valence-electron chi connectivity index (χ0n) is 21.2. The van der Waals surface area contributed by atoms with Gasteiger partial charge in [-0.05, 0) is 39.2 Å². The molecule has 9 nitrogen and oxygen atoms in total. The van der Waals surface area contributed by atoms with Crippen LogP contribution < -0.4 is 11.1 Å². The quantitative estimate of drug-likeness (QED) is 0.439. The maximum Gasteiger partial charge on any atom is 0.314 e. The van der Waals surface area contributed by atoms with E-state index in [0.717, 1.165) is 11.3 Å². The van der Waals surface area contributed by atoms with E-state index in [1.54, 1.807) is 31.2 Å². The first kappa shape index (κ1) is 27.8. The molecule has 1 aliphatic heterocycles. The number of piperidine rings is 1. The van der Waals surface area contributed by atoms with Gasteiger partial charge in [0.25, 0.3) is 0 Å². The number of nitrogens with zero attached hydrogens (tertiary/aromatic N) is 2. The van der Waals surface area contributed by atoms with E-state index in [1.807, 2.05) is 35.7 Å². The summed E-state index contributed by atoms with van der Waals surface area (Å²) in [6.45, 7) is 6.10. The molecule has 3 rings (SSSR count). The van der Waals surface area contributed by atoms with Crippen LogP contribution in [0.25, 0.3) is 0 Å². The molecule has 0 spiro atoms. The Labute approximate surface area is 216 Å². The molecule has 10 heteroatoms. The van der Waals surface area contributed by atoms with E-state index >= 15 is 0 Å². The third-order valence-electron chi connectivity index (χ3n) is 6.18. The summed E-state index contributed by atoms with van der Waals surface area (Å²) in [6, 6.07) is 8.64. The first-order valence-electron chi connectivity index (χ1n) is 12.2. The number of amides is 2. The molecule has 0 radical (unpaired) electrons. The molecule has 2 atom stereocenters. The van der Waals surface area contributed by atoms with Gasteiger partial charge in [0, 0.05) is 24.9 Å². The molecule has 0 aliphatic carbocycles. The standard InChI is InChI=1S/C26H36N4O5S/c1-4-35-24(33)26(13-20-16-36-18-28-20)11-8-12-30(17-26)22(31)21(29-23(32)25(2,3)27)15-34-14-19-9-6-5-7-10-19/h5-7,9-10,16,18,21H,4,8,11-15,17,27H2,1-3H3,(H,29,32)/t21-,26+/m1/s1. The molecule has 2 aromatic rings. The molecule has 1 aromatic heterocycles. The number of esters is 1. The van der Waals surface area contributed by atoms with Crippen molar-refractivity contribution >= 4 is 29.1 Å². The van der Waals surface area contributed by atoms with Crippen molar-refractivity contribution in [2.24, 2.45) is 11.1 Å². The number of nitrogens with two attached hydrogens (primary N) is 1. The van der Waals surface area contributed by atoms with Crippen LogP contribution in [0.1, 0.15) is 44.9 Å². The second kappa shape index (κ2) is 12.4. The number of nitrogens with one attached hydrogen (secondary N) is 1. The first-order valence-corrected chi connectivity index (χ1v) is 13.1. The van der Waals surface area contributed by atoms with Gasteiger partial charge in [-0.2, -0.15) is 0 Å². The Morgan fingerprint density at radius 3 is 2.67 bits per heavy atom. The van der Waals surface area contributed by atoms with E-state index < -0.39 is 22.9 Å². The topological polar surface area (TPSA) is 124 Å². The van der Waals surface area contributed by atoms with Gasteiger partial charge >= 0.3 is 5.97 Å². The molecule has 2 amide bonds. The lowest BCUT2D eigenvalue weighted by atomic mass is 9.76. The third kappa shape index (κ3) is 7.35. The lowest BCUT2D eigenvalue weighted by Crippen LogP contribution is -2.60. The molecular formula is C26H36N4O5S. The van der Waals surface area contributed by atoms with E-state index in [4.69, 9.17) is 15.2 Å². The average molecular weight is 517 g/mol. The van der Waals surface area contributed by atoms with E-state index in [-0.39, 0.29) is 31.6 Å². The summed E-state index contributed by atoms with van der Waals surface area (Å²) < 4.78 is 11.3. The number of ether oxygens (including phenoxy) is 2. The zero-order valence-corrected chi connectivity index (χ0v) is 22.0. The van der Waals surface area contributed by atoms with Crippen molar-refractivity contribution in [3.05, 3.63) is 52.5 Å². The van der Waals surface area contributed by atoms with Crippen LogP contribution in [0.4, 0.5) is 0 Å². The molecule has 3 N–H and O–H groups in total. The fourth-order valence-electron chi connectivity index (χ4n) is 4.27. The molecule has 2 heterocycles. The summed E-state index contributed by atoms with van der Waals surface area (Å²) in [5.74, 6) is -1.10. The molecule has 0 unspecified atom stereocenters. The number of benzene rings is 1. The number of carbonyl (C=O) groups excluding carboxylic acids is 3. The van der Waals surface area contributed by atoms with E-state index in [2.05, 4.69) is 10.3 Å². The number of thiazole rings is 1. The number of likely N-dealkylation sites (tertiary alicyclic amines) is 1. The SMILES string of the molecule is CCOC(=O)[C@]1(Cc2cscn2)CCCN(C(=O)[C@@H](COCc2ccccc2)NC(=O)C(C)(C)N)C1. The second-order valence-corrected chi connectivity index (χ2v) is 10.5. The van der Waals surface area contributed by atoms with Crippen LogP contribution in [-0.4, -0.2) is 65.6 Å². The van der Waals surface area contributed by atoms with Gasteiger partial charge in [0.05, 0.1) is 42.0 Å². The van der Waals surface area contributed by atoms with Gasteiger partial charge in [-0.1, -0.05) is 30.3 Å². The highest BCUT2D eigenvalue weighted by Crippen LogP contribution is 2.35. The highest BCUT2D eigenvalue weighted by Gasteiger charge is 2.46. The summed E-state index contributed by atoms with van der Waals surface area (Å²) in [6.07, 6.45) is 1.60. The van der Waals surface area contributed by atoms with E-state index in [1.165, 1.54) is 11.3 Å². The van der Waals surface area contributed by atoms with Crippen molar-refractivity contribution in [2.45, 2.75) is 58.2 Å². The minimum absolute atomic E-state index is 0.0233. The van der Waals surface area contributed by atoms with Crippen LogP contribution in [0.5, 0.6) is 0 Å². The molecule has 1 aliphatic rings. The lowest BCUT2D eigenvalue weighted by molar-refractivity contribution is -0.161. The van der Waals surface area contributed by atoms with Crippen molar-refractivity contribution in [3.8, 4) is 0 Å². The van der Waals surface area contributed by atoms with Gasteiger partial charge in [-0.15, -0.1) is 11.3 Å². The largest absolute Gasteiger partial charge is 0.466 e. The van der Waals surface area contributed by atoms with Gasteiger partial charge in [-0.25, -0.2) is 4.98 Å². The van der Waals surface area contributed by atoms with Crippen LogP contribution >= 0.6 is 11.3 Å². The highest BCUT2D eigenvalue weighted by molar-refractivity contribution is 7.07. The fraction of sp³-hybridized carbons (Fsp3) is 0.538. The highest BCUT2D eigenvalue weighted by atomic mass is 32.1.